The number of aliphatic carboxylic acids is 1. The van der Waals surface area contributed by atoms with Crippen LogP contribution in [0.2, 0.25) is 0 Å². The van der Waals surface area contributed by atoms with Gasteiger partial charge in [-0.15, -0.1) is 0 Å². The second-order valence-corrected chi connectivity index (χ2v) is 8.72. The Balaban J connectivity index is 2.35. The van der Waals surface area contributed by atoms with Crippen molar-refractivity contribution < 1.29 is 23.4 Å². The molecule has 0 aliphatic rings. The highest BCUT2D eigenvalue weighted by Gasteiger charge is 2.27. The Morgan fingerprint density at radius 2 is 1.82 bits per heavy atom. The summed E-state index contributed by atoms with van der Waals surface area (Å²) in [6.45, 7) is 0. The number of nitrogens with zero attached hydrogens (tertiary/aromatic N) is 2. The van der Waals surface area contributed by atoms with Crippen molar-refractivity contribution in [2.24, 2.45) is 0 Å². The number of rotatable bonds is 6. The van der Waals surface area contributed by atoms with Crippen molar-refractivity contribution in [2.75, 3.05) is 14.1 Å². The molecule has 3 rings (SSSR count). The number of nitrogens with one attached hydrogen (secondary N) is 1. The molecule has 1 heterocycles. The van der Waals surface area contributed by atoms with E-state index in [2.05, 4.69) is 9.82 Å². The van der Waals surface area contributed by atoms with Crippen LogP contribution in [0.4, 0.5) is 0 Å². The van der Waals surface area contributed by atoms with Gasteiger partial charge in [-0.2, -0.15) is 0 Å². The molecule has 1 atom stereocenters. The fourth-order valence-electron chi connectivity index (χ4n) is 2.98. The lowest BCUT2D eigenvalue weighted by Crippen LogP contribution is -2.33. The van der Waals surface area contributed by atoms with Gasteiger partial charge in [0.05, 0.1) is 4.90 Å². The molecule has 148 valence electrons. The molecule has 1 aromatic heterocycles. The number of aromatic hydroxyl groups is 1. The van der Waals surface area contributed by atoms with E-state index in [1.807, 2.05) is 0 Å². The summed E-state index contributed by atoms with van der Waals surface area (Å²) in [5, 5.41) is 20.8. The van der Waals surface area contributed by atoms with Gasteiger partial charge in [-0.1, -0.05) is 24.3 Å². The minimum atomic E-state index is -3.85. The molecule has 0 saturated carbocycles. The van der Waals surface area contributed by atoms with E-state index in [1.54, 1.807) is 24.3 Å². The van der Waals surface area contributed by atoms with Crippen LogP contribution in [-0.2, 0) is 21.2 Å². The van der Waals surface area contributed by atoms with Crippen LogP contribution < -0.4 is 4.84 Å². The van der Waals surface area contributed by atoms with Gasteiger partial charge >= 0.3 is 5.97 Å². The average molecular weight is 424 g/mol. The molecule has 0 aliphatic carbocycles. The SMILES string of the molecule is CN(C)S(=O)(=O)c1c2ccccc2c(O)c2nc(C[C@H](NCl)C(=O)O)ccc12. The van der Waals surface area contributed by atoms with E-state index >= 15 is 0 Å². The smallest absolute Gasteiger partial charge is 0.322 e. The first kappa shape index (κ1) is 20.3. The molecule has 0 aliphatic heterocycles. The van der Waals surface area contributed by atoms with Crippen molar-refractivity contribution in [1.82, 2.24) is 14.1 Å². The third-order valence-corrected chi connectivity index (χ3v) is 6.61. The monoisotopic (exact) mass is 423 g/mol. The number of phenols is 1. The number of aromatic nitrogens is 1. The van der Waals surface area contributed by atoms with Crippen molar-refractivity contribution >= 4 is 49.4 Å². The topological polar surface area (TPSA) is 120 Å². The summed E-state index contributed by atoms with van der Waals surface area (Å²) in [7, 11) is -0.997. The molecule has 10 heteroatoms. The van der Waals surface area contributed by atoms with Gasteiger partial charge in [0.15, 0.2) is 0 Å². The van der Waals surface area contributed by atoms with Gasteiger partial charge in [0, 0.05) is 42.4 Å². The molecule has 0 unspecified atom stereocenters. The zero-order valence-corrected chi connectivity index (χ0v) is 16.6. The number of carboxylic acid groups (broad SMARTS) is 1. The normalized spacial score (nSPS) is 13.3. The van der Waals surface area contributed by atoms with E-state index in [0.29, 0.717) is 16.5 Å². The number of phenolic OH excluding ortho intramolecular Hbond substituents is 1. The van der Waals surface area contributed by atoms with Crippen LogP contribution in [0.15, 0.2) is 41.3 Å². The summed E-state index contributed by atoms with van der Waals surface area (Å²) in [6.07, 6.45) is -0.0448. The van der Waals surface area contributed by atoms with Crippen LogP contribution in [-0.4, -0.2) is 54.0 Å². The number of sulfonamides is 1. The first-order valence-electron chi connectivity index (χ1n) is 8.23. The van der Waals surface area contributed by atoms with Crippen LogP contribution in [0.25, 0.3) is 21.7 Å². The second-order valence-electron chi connectivity index (χ2n) is 6.41. The largest absolute Gasteiger partial charge is 0.505 e. The average Bonchev–Trinajstić information content (AvgIpc) is 2.66. The molecule has 3 N–H and O–H groups in total. The molecule has 8 nitrogen and oxygen atoms in total. The first-order valence-corrected chi connectivity index (χ1v) is 10.0. The number of carboxylic acids is 1. The zero-order chi connectivity index (χ0) is 20.6. The van der Waals surface area contributed by atoms with Gasteiger partial charge < -0.3 is 10.2 Å². The van der Waals surface area contributed by atoms with Crippen LogP contribution in [0.5, 0.6) is 5.75 Å². The molecule has 0 amide bonds. The Morgan fingerprint density at radius 3 is 2.39 bits per heavy atom. The fourth-order valence-corrected chi connectivity index (χ4v) is 4.41. The van der Waals surface area contributed by atoms with E-state index in [0.717, 1.165) is 4.31 Å². The number of benzene rings is 2. The van der Waals surface area contributed by atoms with E-state index in [4.69, 9.17) is 16.9 Å². The highest BCUT2D eigenvalue weighted by molar-refractivity contribution is 7.89. The van der Waals surface area contributed by atoms with E-state index in [9.17, 15) is 18.3 Å². The van der Waals surface area contributed by atoms with E-state index in [1.165, 1.54) is 26.2 Å². The lowest BCUT2D eigenvalue weighted by atomic mass is 10.0. The maximum Gasteiger partial charge on any atom is 0.322 e. The number of halogens is 1. The molecule has 2 aromatic carbocycles. The van der Waals surface area contributed by atoms with Crippen LogP contribution in [0.3, 0.4) is 0 Å². The third-order valence-electron chi connectivity index (χ3n) is 4.43. The number of hydrogen-bond acceptors (Lipinski definition) is 6. The Labute approximate surface area is 166 Å². The number of pyridine rings is 1. The molecule has 0 spiro atoms. The summed E-state index contributed by atoms with van der Waals surface area (Å²) < 4.78 is 27.1. The number of fused-ring (bicyclic) bond motifs is 2. The van der Waals surface area contributed by atoms with Crippen LogP contribution in [0, 0.1) is 0 Å². The molecular weight excluding hydrogens is 406 g/mol. The summed E-state index contributed by atoms with van der Waals surface area (Å²) in [4.78, 5) is 17.7. The van der Waals surface area contributed by atoms with Crippen LogP contribution in [0.1, 0.15) is 5.69 Å². The minimum Gasteiger partial charge on any atom is -0.505 e. The van der Waals surface area contributed by atoms with Gasteiger partial charge in [0.25, 0.3) is 0 Å². The maximum absolute atomic E-state index is 13.0. The van der Waals surface area contributed by atoms with Crippen LogP contribution >= 0.6 is 11.8 Å². The Morgan fingerprint density at radius 1 is 1.18 bits per heavy atom. The summed E-state index contributed by atoms with van der Waals surface area (Å²) in [6, 6.07) is 8.56. The van der Waals surface area contributed by atoms with Crippen molar-refractivity contribution in [3.8, 4) is 5.75 Å². The van der Waals surface area contributed by atoms with Gasteiger partial charge in [-0.25, -0.2) is 22.5 Å². The first-order chi connectivity index (χ1) is 13.2. The number of hydrogen-bond donors (Lipinski definition) is 3. The highest BCUT2D eigenvalue weighted by Crippen LogP contribution is 2.39. The quantitative estimate of drug-likeness (QED) is 0.410. The maximum atomic E-state index is 13.0. The Bertz CT molecular complexity index is 1180. The molecule has 0 fully saturated rings. The molecule has 28 heavy (non-hydrogen) atoms. The number of carbonyl (C=O) groups is 1. The summed E-state index contributed by atoms with van der Waals surface area (Å²) >= 11 is 5.47. The van der Waals surface area contributed by atoms with Gasteiger partial charge in [0.2, 0.25) is 10.0 Å². The Hall–Kier alpha value is -2.46. The van der Waals surface area contributed by atoms with Crippen molar-refractivity contribution in [3.05, 3.63) is 42.1 Å². The second kappa shape index (κ2) is 7.51. The van der Waals surface area contributed by atoms with Gasteiger partial charge in [-0.05, 0) is 23.9 Å². The van der Waals surface area contributed by atoms with E-state index in [-0.39, 0.29) is 28.0 Å². The van der Waals surface area contributed by atoms with Crippen molar-refractivity contribution in [2.45, 2.75) is 17.4 Å². The lowest BCUT2D eigenvalue weighted by molar-refractivity contribution is -0.138. The zero-order valence-electron chi connectivity index (χ0n) is 15.0. The Kier molecular flexibility index (Phi) is 5.44. The molecule has 3 aromatic rings. The molecule has 0 radical (unpaired) electrons. The van der Waals surface area contributed by atoms with E-state index < -0.39 is 22.0 Å². The van der Waals surface area contributed by atoms with Gasteiger partial charge in [-0.3, -0.25) is 4.79 Å². The summed E-state index contributed by atoms with van der Waals surface area (Å²) in [5.74, 6) is -1.33. The summed E-state index contributed by atoms with van der Waals surface area (Å²) in [5.41, 5.74) is 0.419. The lowest BCUT2D eigenvalue weighted by Gasteiger charge is -2.18. The van der Waals surface area contributed by atoms with Crippen molar-refractivity contribution in [1.29, 1.82) is 0 Å². The highest BCUT2D eigenvalue weighted by atomic mass is 35.5. The van der Waals surface area contributed by atoms with Gasteiger partial charge in [0.1, 0.15) is 17.3 Å². The predicted molar refractivity (Wildman–Crippen MR) is 106 cm³/mol. The predicted octanol–water partition coefficient (Wildman–Crippen LogP) is 2.08. The third kappa shape index (κ3) is 3.37. The standard InChI is InChI=1S/C18H18ClN3O5S/c1-22(2)28(26,27)17-12-6-4-3-5-11(12)16(23)15-13(17)8-7-10(20-15)9-14(21-19)18(24)25/h3-8,14,21,23H,9H2,1-2H3,(H,24,25)/t14-/m0/s1. The molecule has 0 bridgehead atoms. The molecule has 0 saturated heterocycles. The molecular formula is C18H18ClN3O5S. The minimum absolute atomic E-state index is 0.0326. The van der Waals surface area contributed by atoms with Crippen molar-refractivity contribution in [3.63, 3.8) is 0 Å². The fraction of sp³-hybridized carbons (Fsp3) is 0.222.